The normalized spacial score (nSPS) is 12.5. The summed E-state index contributed by atoms with van der Waals surface area (Å²) in [5.74, 6) is 0. The number of hydrogen-bond donors (Lipinski definition) is 1. The van der Waals surface area contributed by atoms with Gasteiger partial charge >= 0.3 is 12.4 Å². The number of nitrogens with one attached hydrogen (secondary N) is 1. The van der Waals surface area contributed by atoms with Gasteiger partial charge < -0.3 is 5.32 Å². The lowest BCUT2D eigenvalue weighted by molar-refractivity contribution is -0.143. The highest BCUT2D eigenvalue weighted by molar-refractivity contribution is 5.50. The third-order valence-corrected chi connectivity index (χ3v) is 2.95. The highest BCUT2D eigenvalue weighted by Crippen LogP contribution is 2.37. The van der Waals surface area contributed by atoms with Crippen molar-refractivity contribution < 1.29 is 26.3 Å². The van der Waals surface area contributed by atoms with Crippen LogP contribution in [0.4, 0.5) is 32.0 Å². The number of rotatable bonds is 6. The van der Waals surface area contributed by atoms with Gasteiger partial charge in [-0.1, -0.05) is 26.2 Å². The maximum Gasteiger partial charge on any atom is 0.416 e. The summed E-state index contributed by atoms with van der Waals surface area (Å²) < 4.78 is 75.8. The van der Waals surface area contributed by atoms with Gasteiger partial charge in [0.25, 0.3) is 0 Å². The Morgan fingerprint density at radius 3 is 1.76 bits per heavy atom. The standard InChI is InChI=1S/C14H17F6N/c1-2-3-4-5-6-21-12-8-10(13(15,16)17)7-11(9-12)14(18,19)20/h7-9,21H,2-6H2,1H3. The minimum atomic E-state index is -4.81. The van der Waals surface area contributed by atoms with E-state index in [-0.39, 0.29) is 11.8 Å². The molecule has 0 unspecified atom stereocenters. The van der Waals surface area contributed by atoms with Crippen LogP contribution < -0.4 is 5.32 Å². The lowest BCUT2D eigenvalue weighted by Gasteiger charge is -2.15. The number of anilines is 1. The summed E-state index contributed by atoms with van der Waals surface area (Å²) in [6.45, 7) is 2.36. The Morgan fingerprint density at radius 2 is 1.33 bits per heavy atom. The second kappa shape index (κ2) is 7.04. The monoisotopic (exact) mass is 313 g/mol. The second-order valence-electron chi connectivity index (χ2n) is 4.78. The number of hydrogen-bond acceptors (Lipinski definition) is 1. The molecule has 0 heterocycles. The van der Waals surface area contributed by atoms with E-state index in [2.05, 4.69) is 5.32 Å². The minimum absolute atomic E-state index is 0.127. The van der Waals surface area contributed by atoms with E-state index in [1.165, 1.54) is 0 Å². The molecule has 0 saturated heterocycles. The molecule has 0 atom stereocenters. The van der Waals surface area contributed by atoms with Gasteiger partial charge in [-0.15, -0.1) is 0 Å². The Balaban J connectivity index is 2.88. The summed E-state index contributed by atoms with van der Waals surface area (Å²) >= 11 is 0. The molecule has 1 N–H and O–H groups in total. The molecule has 0 aliphatic heterocycles. The smallest absolute Gasteiger partial charge is 0.385 e. The molecule has 0 spiro atoms. The third-order valence-electron chi connectivity index (χ3n) is 2.95. The van der Waals surface area contributed by atoms with Gasteiger partial charge in [-0.25, -0.2) is 0 Å². The number of benzene rings is 1. The Bertz CT molecular complexity index is 418. The van der Waals surface area contributed by atoms with Crippen molar-refractivity contribution >= 4 is 5.69 Å². The van der Waals surface area contributed by atoms with Crippen molar-refractivity contribution in [1.82, 2.24) is 0 Å². The molecular weight excluding hydrogens is 296 g/mol. The van der Waals surface area contributed by atoms with Crippen molar-refractivity contribution in [3.05, 3.63) is 29.3 Å². The van der Waals surface area contributed by atoms with Gasteiger partial charge in [-0.2, -0.15) is 26.3 Å². The van der Waals surface area contributed by atoms with Crippen LogP contribution in [-0.2, 0) is 12.4 Å². The first kappa shape index (κ1) is 17.7. The first-order valence-electron chi connectivity index (χ1n) is 6.68. The number of halogens is 6. The van der Waals surface area contributed by atoms with Crippen LogP contribution >= 0.6 is 0 Å². The molecule has 7 heteroatoms. The summed E-state index contributed by atoms with van der Waals surface area (Å²) in [4.78, 5) is 0. The van der Waals surface area contributed by atoms with Crippen LogP contribution in [0.2, 0.25) is 0 Å². The van der Waals surface area contributed by atoms with Crippen LogP contribution in [0.3, 0.4) is 0 Å². The summed E-state index contributed by atoms with van der Waals surface area (Å²) in [7, 11) is 0. The lowest BCUT2D eigenvalue weighted by atomic mass is 10.1. The summed E-state index contributed by atoms with van der Waals surface area (Å²) in [6.07, 6.45) is -6.04. The van der Waals surface area contributed by atoms with Crippen LogP contribution in [0.1, 0.15) is 43.7 Å². The van der Waals surface area contributed by atoms with E-state index in [1.54, 1.807) is 0 Å². The van der Waals surface area contributed by atoms with Crippen LogP contribution in [0, 0.1) is 0 Å². The van der Waals surface area contributed by atoms with Crippen molar-refractivity contribution in [2.75, 3.05) is 11.9 Å². The highest BCUT2D eigenvalue weighted by Gasteiger charge is 2.36. The minimum Gasteiger partial charge on any atom is -0.385 e. The molecule has 0 amide bonds. The zero-order valence-corrected chi connectivity index (χ0v) is 11.5. The molecule has 0 aliphatic carbocycles. The zero-order valence-electron chi connectivity index (χ0n) is 11.5. The summed E-state index contributed by atoms with van der Waals surface area (Å²) in [5, 5.41) is 2.63. The Morgan fingerprint density at radius 1 is 0.810 bits per heavy atom. The van der Waals surface area contributed by atoms with Crippen molar-refractivity contribution in [3.63, 3.8) is 0 Å². The molecule has 1 rings (SSSR count). The second-order valence-corrected chi connectivity index (χ2v) is 4.78. The van der Waals surface area contributed by atoms with Crippen molar-refractivity contribution in [3.8, 4) is 0 Å². The largest absolute Gasteiger partial charge is 0.416 e. The van der Waals surface area contributed by atoms with Gasteiger partial charge in [0.05, 0.1) is 11.1 Å². The number of alkyl halides is 6. The van der Waals surface area contributed by atoms with E-state index in [9.17, 15) is 26.3 Å². The quantitative estimate of drug-likeness (QED) is 0.523. The van der Waals surface area contributed by atoms with Crippen molar-refractivity contribution in [1.29, 1.82) is 0 Å². The third kappa shape index (κ3) is 5.85. The van der Waals surface area contributed by atoms with Crippen LogP contribution in [0.15, 0.2) is 18.2 Å². The molecule has 0 aliphatic rings. The lowest BCUT2D eigenvalue weighted by Crippen LogP contribution is -2.12. The average Bonchev–Trinajstić information content (AvgIpc) is 2.36. The van der Waals surface area contributed by atoms with Gasteiger partial charge in [-0.3, -0.25) is 0 Å². The fraction of sp³-hybridized carbons (Fsp3) is 0.571. The van der Waals surface area contributed by atoms with E-state index < -0.39 is 23.5 Å². The number of unbranched alkanes of at least 4 members (excludes halogenated alkanes) is 3. The molecule has 0 radical (unpaired) electrons. The molecule has 1 nitrogen and oxygen atoms in total. The maximum atomic E-state index is 12.6. The van der Waals surface area contributed by atoms with Gasteiger partial charge in [0.1, 0.15) is 0 Å². The van der Waals surface area contributed by atoms with Gasteiger partial charge in [0.2, 0.25) is 0 Å². The molecule has 0 saturated carbocycles. The molecule has 1 aromatic carbocycles. The first-order valence-corrected chi connectivity index (χ1v) is 6.68. The fourth-order valence-electron chi connectivity index (χ4n) is 1.84. The van der Waals surface area contributed by atoms with E-state index in [4.69, 9.17) is 0 Å². The molecular formula is C14H17F6N. The van der Waals surface area contributed by atoms with E-state index in [1.807, 2.05) is 6.92 Å². The molecule has 0 bridgehead atoms. The van der Waals surface area contributed by atoms with E-state index in [0.29, 0.717) is 25.1 Å². The zero-order chi connectivity index (χ0) is 16.1. The van der Waals surface area contributed by atoms with E-state index >= 15 is 0 Å². The SMILES string of the molecule is CCCCCCNc1cc(C(F)(F)F)cc(C(F)(F)F)c1. The van der Waals surface area contributed by atoms with Crippen LogP contribution in [0.5, 0.6) is 0 Å². The first-order chi connectivity index (χ1) is 9.64. The fourth-order valence-corrected chi connectivity index (χ4v) is 1.84. The predicted octanol–water partition coefficient (Wildman–Crippen LogP) is 5.72. The molecule has 0 fully saturated rings. The maximum absolute atomic E-state index is 12.6. The van der Waals surface area contributed by atoms with E-state index in [0.717, 1.165) is 19.3 Å². The molecule has 1 aromatic rings. The van der Waals surface area contributed by atoms with Crippen LogP contribution in [0.25, 0.3) is 0 Å². The summed E-state index contributed by atoms with van der Waals surface area (Å²) in [6, 6.07) is 1.53. The Labute approximate surface area is 119 Å². The molecule has 120 valence electrons. The Kier molecular flexibility index (Phi) is 5.92. The van der Waals surface area contributed by atoms with Crippen LogP contribution in [-0.4, -0.2) is 6.54 Å². The van der Waals surface area contributed by atoms with Crippen molar-refractivity contribution in [2.24, 2.45) is 0 Å². The average molecular weight is 313 g/mol. The van der Waals surface area contributed by atoms with Crippen molar-refractivity contribution in [2.45, 2.75) is 45.0 Å². The highest BCUT2D eigenvalue weighted by atomic mass is 19.4. The predicted molar refractivity (Wildman–Crippen MR) is 69.1 cm³/mol. The molecule has 0 aromatic heterocycles. The topological polar surface area (TPSA) is 12.0 Å². The molecule has 21 heavy (non-hydrogen) atoms. The van der Waals surface area contributed by atoms with Gasteiger partial charge in [0.15, 0.2) is 0 Å². The summed E-state index contributed by atoms with van der Waals surface area (Å²) in [5.41, 5.74) is -2.75. The van der Waals surface area contributed by atoms with Gasteiger partial charge in [-0.05, 0) is 24.6 Å². The van der Waals surface area contributed by atoms with Gasteiger partial charge in [0, 0.05) is 12.2 Å². The Hall–Kier alpha value is -1.40.